The Morgan fingerprint density at radius 3 is 2.23 bits per heavy atom. The molecule has 0 aromatic carbocycles. The maximum absolute atomic E-state index is 5.51. The van der Waals surface area contributed by atoms with Crippen LogP contribution in [0.25, 0.3) is 0 Å². The lowest BCUT2D eigenvalue weighted by atomic mass is 10.0. The lowest BCUT2D eigenvalue weighted by Gasteiger charge is -2.20. The van der Waals surface area contributed by atoms with Crippen molar-refractivity contribution in [1.29, 1.82) is 0 Å². The predicted octanol–water partition coefficient (Wildman–Crippen LogP) is 2.44. The van der Waals surface area contributed by atoms with Crippen molar-refractivity contribution in [2.75, 3.05) is 13.2 Å². The highest BCUT2D eigenvalue weighted by atomic mass is 16.5. The molecule has 0 heterocycles. The van der Waals surface area contributed by atoms with E-state index in [0.717, 1.165) is 19.6 Å². The van der Waals surface area contributed by atoms with Gasteiger partial charge in [0.2, 0.25) is 0 Å². The summed E-state index contributed by atoms with van der Waals surface area (Å²) in [7, 11) is 0. The Kier molecular flexibility index (Phi) is 7.29. The monoisotopic (exact) mass is 187 g/mol. The number of ether oxygens (including phenoxy) is 1. The predicted molar refractivity (Wildman–Crippen MR) is 58.0 cm³/mol. The van der Waals surface area contributed by atoms with Gasteiger partial charge >= 0.3 is 0 Å². The first kappa shape index (κ1) is 12.9. The van der Waals surface area contributed by atoms with E-state index in [9.17, 15) is 0 Å². The Balaban J connectivity index is 3.43. The van der Waals surface area contributed by atoms with Crippen LogP contribution in [-0.2, 0) is 4.74 Å². The summed E-state index contributed by atoms with van der Waals surface area (Å²) < 4.78 is 5.51. The van der Waals surface area contributed by atoms with Crippen LogP contribution in [-0.4, -0.2) is 25.3 Å². The summed E-state index contributed by atoms with van der Waals surface area (Å²) in [5.41, 5.74) is 0. The van der Waals surface area contributed by atoms with E-state index in [4.69, 9.17) is 4.74 Å². The molecule has 2 atom stereocenters. The minimum absolute atomic E-state index is 0.363. The van der Waals surface area contributed by atoms with E-state index in [1.54, 1.807) is 0 Å². The van der Waals surface area contributed by atoms with E-state index in [1.165, 1.54) is 0 Å². The van der Waals surface area contributed by atoms with Crippen LogP contribution in [0.15, 0.2) is 0 Å². The van der Waals surface area contributed by atoms with Gasteiger partial charge in [0.05, 0.1) is 6.10 Å². The summed E-state index contributed by atoms with van der Waals surface area (Å²) in [4.78, 5) is 0. The third kappa shape index (κ3) is 7.03. The highest BCUT2D eigenvalue weighted by Gasteiger charge is 2.10. The van der Waals surface area contributed by atoms with Crippen LogP contribution in [0.3, 0.4) is 0 Å². The minimum Gasteiger partial charge on any atom is -0.379 e. The lowest BCUT2D eigenvalue weighted by Crippen LogP contribution is -2.32. The molecule has 0 saturated carbocycles. The average Bonchev–Trinajstić information content (AvgIpc) is 2.04. The van der Waals surface area contributed by atoms with Gasteiger partial charge in [-0.1, -0.05) is 13.8 Å². The van der Waals surface area contributed by atoms with Crippen molar-refractivity contribution in [3.05, 3.63) is 0 Å². The largest absolute Gasteiger partial charge is 0.379 e. The number of hydrogen-bond acceptors (Lipinski definition) is 2. The van der Waals surface area contributed by atoms with Gasteiger partial charge in [-0.3, -0.25) is 0 Å². The molecule has 80 valence electrons. The SMILES string of the molecule is CCNC(C)C(C)CCOC(C)C. The van der Waals surface area contributed by atoms with E-state index in [2.05, 4.69) is 39.9 Å². The molecule has 0 bridgehead atoms. The van der Waals surface area contributed by atoms with Gasteiger partial charge in [0.25, 0.3) is 0 Å². The Labute approximate surface area is 83.1 Å². The number of hydrogen-bond donors (Lipinski definition) is 1. The van der Waals surface area contributed by atoms with Gasteiger partial charge in [-0.2, -0.15) is 0 Å². The summed E-state index contributed by atoms with van der Waals surface area (Å²) in [5, 5.41) is 3.43. The van der Waals surface area contributed by atoms with Crippen molar-refractivity contribution in [1.82, 2.24) is 5.32 Å². The molecule has 0 aromatic heterocycles. The molecule has 0 aliphatic heterocycles. The van der Waals surface area contributed by atoms with Crippen molar-refractivity contribution < 1.29 is 4.74 Å². The molecular weight excluding hydrogens is 162 g/mol. The fourth-order valence-corrected chi connectivity index (χ4v) is 1.26. The molecular formula is C11H25NO. The molecule has 2 nitrogen and oxygen atoms in total. The molecule has 0 saturated heterocycles. The normalized spacial score (nSPS) is 16.2. The molecule has 0 fully saturated rings. The van der Waals surface area contributed by atoms with Crippen LogP contribution in [0.5, 0.6) is 0 Å². The Morgan fingerprint density at radius 2 is 1.77 bits per heavy atom. The highest BCUT2D eigenvalue weighted by Crippen LogP contribution is 2.08. The fraction of sp³-hybridized carbons (Fsp3) is 1.00. The van der Waals surface area contributed by atoms with E-state index < -0.39 is 0 Å². The molecule has 0 rings (SSSR count). The van der Waals surface area contributed by atoms with E-state index >= 15 is 0 Å². The fourth-order valence-electron chi connectivity index (χ4n) is 1.26. The molecule has 0 aliphatic rings. The van der Waals surface area contributed by atoms with Crippen LogP contribution in [0.1, 0.15) is 41.0 Å². The van der Waals surface area contributed by atoms with Gasteiger partial charge in [0.1, 0.15) is 0 Å². The first-order valence-electron chi connectivity index (χ1n) is 5.42. The molecule has 1 N–H and O–H groups in total. The van der Waals surface area contributed by atoms with Gasteiger partial charge in [0.15, 0.2) is 0 Å². The smallest absolute Gasteiger partial charge is 0.0518 e. The van der Waals surface area contributed by atoms with Gasteiger partial charge < -0.3 is 10.1 Å². The van der Waals surface area contributed by atoms with Crippen LogP contribution in [0.4, 0.5) is 0 Å². The minimum atomic E-state index is 0.363. The second kappa shape index (κ2) is 7.34. The second-order valence-electron chi connectivity index (χ2n) is 4.03. The maximum Gasteiger partial charge on any atom is 0.0518 e. The van der Waals surface area contributed by atoms with Crippen molar-refractivity contribution in [3.8, 4) is 0 Å². The van der Waals surface area contributed by atoms with Crippen LogP contribution in [0, 0.1) is 5.92 Å². The third-order valence-corrected chi connectivity index (χ3v) is 2.40. The zero-order valence-electron chi connectivity index (χ0n) is 9.76. The van der Waals surface area contributed by atoms with Crippen LogP contribution >= 0.6 is 0 Å². The van der Waals surface area contributed by atoms with Crippen LogP contribution < -0.4 is 5.32 Å². The second-order valence-corrected chi connectivity index (χ2v) is 4.03. The molecule has 0 spiro atoms. The van der Waals surface area contributed by atoms with Crippen molar-refractivity contribution in [3.63, 3.8) is 0 Å². The van der Waals surface area contributed by atoms with Gasteiger partial charge in [-0.15, -0.1) is 0 Å². The lowest BCUT2D eigenvalue weighted by molar-refractivity contribution is 0.0670. The molecule has 0 aromatic rings. The Morgan fingerprint density at radius 1 is 1.15 bits per heavy atom. The summed E-state index contributed by atoms with van der Waals surface area (Å²) in [5.74, 6) is 0.693. The summed E-state index contributed by atoms with van der Waals surface area (Å²) >= 11 is 0. The Bertz CT molecular complexity index is 115. The topological polar surface area (TPSA) is 21.3 Å². The molecule has 0 aliphatic carbocycles. The van der Waals surface area contributed by atoms with Gasteiger partial charge in [0, 0.05) is 12.6 Å². The molecule has 0 amide bonds. The molecule has 13 heavy (non-hydrogen) atoms. The van der Waals surface area contributed by atoms with E-state index in [0.29, 0.717) is 18.1 Å². The zero-order chi connectivity index (χ0) is 10.3. The average molecular weight is 187 g/mol. The van der Waals surface area contributed by atoms with Crippen molar-refractivity contribution in [2.45, 2.75) is 53.2 Å². The highest BCUT2D eigenvalue weighted by molar-refractivity contribution is 4.67. The first-order valence-corrected chi connectivity index (χ1v) is 5.42. The van der Waals surface area contributed by atoms with Gasteiger partial charge in [-0.05, 0) is 39.7 Å². The first-order chi connectivity index (χ1) is 6.07. The standard InChI is InChI=1S/C11H25NO/c1-6-12-11(5)10(4)7-8-13-9(2)3/h9-12H,6-8H2,1-5H3. The van der Waals surface area contributed by atoms with Gasteiger partial charge in [-0.25, -0.2) is 0 Å². The molecule has 2 unspecified atom stereocenters. The third-order valence-electron chi connectivity index (χ3n) is 2.40. The maximum atomic E-state index is 5.51. The van der Waals surface area contributed by atoms with Crippen molar-refractivity contribution >= 4 is 0 Å². The van der Waals surface area contributed by atoms with Crippen LogP contribution in [0.2, 0.25) is 0 Å². The number of rotatable bonds is 7. The summed E-state index contributed by atoms with van der Waals surface area (Å²) in [6, 6.07) is 0.598. The van der Waals surface area contributed by atoms with E-state index in [1.807, 2.05) is 0 Å². The molecule has 2 heteroatoms. The van der Waals surface area contributed by atoms with E-state index in [-0.39, 0.29) is 0 Å². The quantitative estimate of drug-likeness (QED) is 0.661. The Hall–Kier alpha value is -0.0800. The number of nitrogens with one attached hydrogen (secondary N) is 1. The summed E-state index contributed by atoms with van der Waals surface area (Å²) in [6.07, 6.45) is 1.51. The summed E-state index contributed by atoms with van der Waals surface area (Å²) in [6.45, 7) is 12.8. The van der Waals surface area contributed by atoms with Crippen molar-refractivity contribution in [2.24, 2.45) is 5.92 Å². The zero-order valence-corrected chi connectivity index (χ0v) is 9.76. The molecule has 0 radical (unpaired) electrons.